The fourth-order valence-corrected chi connectivity index (χ4v) is 2.06. The number of halogens is 2. The lowest BCUT2D eigenvalue weighted by Crippen LogP contribution is -2.47. The van der Waals surface area contributed by atoms with E-state index in [0.29, 0.717) is 13.1 Å². The number of alkyl halides is 2. The normalized spacial score (nSPS) is 25.1. The van der Waals surface area contributed by atoms with Gasteiger partial charge in [-0.05, 0) is 27.7 Å². The van der Waals surface area contributed by atoms with Gasteiger partial charge in [0.1, 0.15) is 5.60 Å². The van der Waals surface area contributed by atoms with Crippen LogP contribution in [0, 0.1) is 0 Å². The van der Waals surface area contributed by atoms with Crippen LogP contribution in [0.5, 0.6) is 0 Å². The van der Waals surface area contributed by atoms with E-state index < -0.39 is 24.2 Å². The van der Waals surface area contributed by atoms with Crippen molar-refractivity contribution in [1.29, 1.82) is 0 Å². The van der Waals surface area contributed by atoms with Gasteiger partial charge in [-0.3, -0.25) is 0 Å². The van der Waals surface area contributed by atoms with Crippen LogP contribution >= 0.6 is 0 Å². The largest absolute Gasteiger partial charge is 0.444 e. The lowest BCUT2D eigenvalue weighted by molar-refractivity contribution is 0.0251. The third kappa shape index (κ3) is 4.86. The van der Waals surface area contributed by atoms with E-state index >= 15 is 0 Å². The highest BCUT2D eigenvalue weighted by Gasteiger charge is 2.38. The number of likely N-dealkylation sites (tertiary alicyclic amines) is 1. The Morgan fingerprint density at radius 1 is 1.35 bits per heavy atom. The summed E-state index contributed by atoms with van der Waals surface area (Å²) in [6.45, 7) is 7.38. The Morgan fingerprint density at radius 2 is 1.95 bits per heavy atom. The molecule has 3 atom stereocenters. The van der Waals surface area contributed by atoms with Crippen molar-refractivity contribution in [3.05, 3.63) is 0 Å². The summed E-state index contributed by atoms with van der Waals surface area (Å²) in [5.74, 6) is 0. The summed E-state index contributed by atoms with van der Waals surface area (Å²) < 4.78 is 35.7. The maximum absolute atomic E-state index is 12.6. The van der Waals surface area contributed by atoms with Gasteiger partial charge in [0.25, 0.3) is 6.43 Å². The molecule has 0 radical (unpaired) electrons. The Balaban J connectivity index is 2.61. The third-order valence-electron chi connectivity index (χ3n) is 3.08. The lowest BCUT2D eigenvalue weighted by Gasteiger charge is -2.24. The number of nitrogens with zero attached hydrogens (tertiary/aromatic N) is 1. The Hall–Kier alpha value is -0.950. The van der Waals surface area contributed by atoms with Crippen LogP contribution in [-0.4, -0.2) is 61.4 Å². The van der Waals surface area contributed by atoms with Crippen molar-refractivity contribution in [2.24, 2.45) is 0 Å². The van der Waals surface area contributed by atoms with E-state index in [1.165, 1.54) is 18.9 Å². The van der Waals surface area contributed by atoms with E-state index in [1.54, 1.807) is 20.8 Å². The van der Waals surface area contributed by atoms with Crippen LogP contribution in [0.3, 0.4) is 0 Å². The van der Waals surface area contributed by atoms with Crippen LogP contribution in [0.1, 0.15) is 27.7 Å². The summed E-state index contributed by atoms with van der Waals surface area (Å²) in [5.41, 5.74) is -0.582. The van der Waals surface area contributed by atoms with Crippen LogP contribution in [0.2, 0.25) is 0 Å². The van der Waals surface area contributed by atoms with Gasteiger partial charge in [-0.15, -0.1) is 0 Å². The summed E-state index contributed by atoms with van der Waals surface area (Å²) in [6.07, 6.45) is -3.22. The quantitative estimate of drug-likeness (QED) is 0.860. The zero-order valence-electron chi connectivity index (χ0n) is 12.7. The van der Waals surface area contributed by atoms with Crippen molar-refractivity contribution in [2.75, 3.05) is 20.2 Å². The average molecular weight is 294 g/mol. The topological polar surface area (TPSA) is 50.8 Å². The molecular formula is C13H24F2N2O3. The molecule has 1 saturated heterocycles. The predicted molar refractivity (Wildman–Crippen MR) is 71.0 cm³/mol. The molecule has 1 rings (SSSR count). The summed E-state index contributed by atoms with van der Waals surface area (Å²) in [5, 5.41) is 2.80. The minimum Gasteiger partial charge on any atom is -0.444 e. The van der Waals surface area contributed by atoms with Gasteiger partial charge in [0, 0.05) is 13.7 Å². The summed E-state index contributed by atoms with van der Waals surface area (Å²) in [7, 11) is 1.50. The van der Waals surface area contributed by atoms with Crippen LogP contribution in [-0.2, 0) is 9.47 Å². The molecule has 0 saturated carbocycles. The maximum atomic E-state index is 12.6. The van der Waals surface area contributed by atoms with Gasteiger partial charge in [0.2, 0.25) is 0 Å². The van der Waals surface area contributed by atoms with Gasteiger partial charge < -0.3 is 19.7 Å². The third-order valence-corrected chi connectivity index (χ3v) is 3.08. The van der Waals surface area contributed by atoms with Crippen molar-refractivity contribution in [3.63, 3.8) is 0 Å². The first kappa shape index (κ1) is 17.1. The molecule has 7 heteroatoms. The van der Waals surface area contributed by atoms with Gasteiger partial charge in [0.15, 0.2) is 0 Å². The van der Waals surface area contributed by atoms with Crippen LogP contribution < -0.4 is 5.32 Å². The van der Waals surface area contributed by atoms with Gasteiger partial charge in [-0.1, -0.05) is 0 Å². The Morgan fingerprint density at radius 3 is 2.40 bits per heavy atom. The Labute approximate surface area is 118 Å². The number of hydrogen-bond acceptors (Lipinski definition) is 4. The number of amides is 1. The zero-order valence-corrected chi connectivity index (χ0v) is 12.7. The van der Waals surface area contributed by atoms with E-state index in [0.717, 1.165) is 0 Å². The maximum Gasteiger partial charge on any atom is 0.410 e. The van der Waals surface area contributed by atoms with Gasteiger partial charge >= 0.3 is 6.09 Å². The van der Waals surface area contributed by atoms with Crippen LogP contribution in [0.15, 0.2) is 0 Å². The number of carbonyl (C=O) groups excluding carboxylic acids is 1. The fourth-order valence-electron chi connectivity index (χ4n) is 2.06. The summed E-state index contributed by atoms with van der Waals surface area (Å²) >= 11 is 0. The average Bonchev–Trinajstić information content (AvgIpc) is 2.69. The first-order valence-electron chi connectivity index (χ1n) is 6.69. The highest BCUT2D eigenvalue weighted by molar-refractivity contribution is 5.68. The monoisotopic (exact) mass is 294 g/mol. The number of rotatable bonds is 4. The lowest BCUT2D eigenvalue weighted by atomic mass is 10.2. The molecule has 1 aliphatic rings. The number of nitrogens with one attached hydrogen (secondary N) is 1. The zero-order chi connectivity index (χ0) is 15.5. The highest BCUT2D eigenvalue weighted by Crippen LogP contribution is 2.18. The first-order chi connectivity index (χ1) is 9.14. The van der Waals surface area contributed by atoms with Crippen molar-refractivity contribution in [1.82, 2.24) is 10.2 Å². The second-order valence-electron chi connectivity index (χ2n) is 6.06. The molecule has 2 unspecified atom stereocenters. The van der Waals surface area contributed by atoms with E-state index in [-0.39, 0.29) is 12.1 Å². The van der Waals surface area contributed by atoms with Gasteiger partial charge in [-0.2, -0.15) is 0 Å². The van der Waals surface area contributed by atoms with E-state index in [4.69, 9.17) is 9.47 Å². The summed E-state index contributed by atoms with van der Waals surface area (Å²) in [4.78, 5) is 13.4. The molecule has 1 amide bonds. The van der Waals surface area contributed by atoms with E-state index in [9.17, 15) is 13.6 Å². The fraction of sp³-hybridized carbons (Fsp3) is 0.923. The van der Waals surface area contributed by atoms with Crippen molar-refractivity contribution in [3.8, 4) is 0 Å². The second kappa shape index (κ2) is 6.67. The molecule has 118 valence electrons. The van der Waals surface area contributed by atoms with Crippen molar-refractivity contribution in [2.45, 2.75) is 57.9 Å². The van der Waals surface area contributed by atoms with Crippen molar-refractivity contribution >= 4 is 6.09 Å². The Bertz CT molecular complexity index is 334. The van der Waals surface area contributed by atoms with Crippen molar-refractivity contribution < 1.29 is 23.0 Å². The molecule has 1 heterocycles. The van der Waals surface area contributed by atoms with Gasteiger partial charge in [-0.25, -0.2) is 13.6 Å². The smallest absolute Gasteiger partial charge is 0.410 e. The molecule has 0 aliphatic carbocycles. The molecule has 0 bridgehead atoms. The minimum atomic E-state index is -2.46. The number of hydrogen-bond donors (Lipinski definition) is 1. The molecule has 0 spiro atoms. The number of methoxy groups -OCH3 is 1. The molecular weight excluding hydrogens is 270 g/mol. The molecule has 1 fully saturated rings. The number of carbonyl (C=O) groups is 1. The van der Waals surface area contributed by atoms with E-state index in [2.05, 4.69) is 5.32 Å². The molecule has 0 aromatic rings. The summed E-state index contributed by atoms with van der Waals surface area (Å²) in [6, 6.07) is -1.27. The molecule has 1 aliphatic heterocycles. The SMILES string of the molecule is CO[C@H]1CN(C(=O)OC(C)(C)C)CC1NC(C)C(F)F. The van der Waals surface area contributed by atoms with Crippen LogP contribution in [0.25, 0.3) is 0 Å². The minimum absolute atomic E-state index is 0.296. The molecule has 0 aromatic heterocycles. The predicted octanol–water partition coefficient (Wildman–Crippen LogP) is 1.86. The molecule has 20 heavy (non-hydrogen) atoms. The van der Waals surface area contributed by atoms with E-state index in [1.807, 2.05) is 0 Å². The highest BCUT2D eigenvalue weighted by atomic mass is 19.3. The Kier molecular flexibility index (Phi) is 5.70. The standard InChI is InChI=1S/C13H24F2N2O3/c1-8(11(14)15)16-9-6-17(7-10(9)19-5)12(18)20-13(2,3)4/h8-11,16H,6-7H2,1-5H3/t8?,9?,10-/m0/s1. The van der Waals surface area contributed by atoms with Gasteiger partial charge in [0.05, 0.1) is 24.7 Å². The van der Waals surface area contributed by atoms with Crippen LogP contribution in [0.4, 0.5) is 13.6 Å². The second-order valence-corrected chi connectivity index (χ2v) is 6.06. The number of ether oxygens (including phenoxy) is 2. The molecule has 1 N–H and O–H groups in total. The molecule has 0 aromatic carbocycles. The first-order valence-corrected chi connectivity index (χ1v) is 6.69. The molecule has 5 nitrogen and oxygen atoms in total.